The van der Waals surface area contributed by atoms with E-state index < -0.39 is 0 Å². The maximum Gasteiger partial charge on any atom is 0.151 e. The minimum Gasteiger partial charge on any atom is -0.464 e. The Balaban J connectivity index is 2.02. The predicted octanol–water partition coefficient (Wildman–Crippen LogP) is 4.12. The van der Waals surface area contributed by atoms with Gasteiger partial charge in [-0.05, 0) is 18.2 Å². The molecular weight excluding hydrogens is 243 g/mol. The number of halogens is 1. The van der Waals surface area contributed by atoms with Crippen molar-refractivity contribution in [2.24, 2.45) is 0 Å². The number of rotatable bonds is 1. The number of para-hydroxylation sites is 2. The molecule has 0 saturated heterocycles. The van der Waals surface area contributed by atoms with Gasteiger partial charge in [0, 0.05) is 5.39 Å². The number of fused-ring (bicyclic) bond motifs is 2. The Morgan fingerprint density at radius 1 is 1.05 bits per heavy atom. The minimum absolute atomic E-state index is 0.326. The second-order valence-electron chi connectivity index (χ2n) is 4.37. The molecule has 0 bridgehead atoms. The maximum atomic E-state index is 13.6. The summed E-state index contributed by atoms with van der Waals surface area (Å²) < 4.78 is 19.1. The summed E-state index contributed by atoms with van der Waals surface area (Å²) in [4.78, 5) is 7.43. The van der Waals surface area contributed by atoms with Crippen molar-refractivity contribution in [3.05, 3.63) is 54.5 Å². The standard InChI is InChI=1S/C15H9FN2O/c16-11-5-3-6-12-14(11)18-15(17-12)10-8-19-13-7-2-1-4-9(10)13/h1-8H,(H,17,18). The molecule has 4 aromatic rings. The van der Waals surface area contributed by atoms with Crippen molar-refractivity contribution in [2.75, 3.05) is 0 Å². The molecule has 0 fully saturated rings. The normalized spacial score (nSPS) is 11.4. The van der Waals surface area contributed by atoms with Crippen LogP contribution in [0.15, 0.2) is 53.1 Å². The number of benzene rings is 2. The van der Waals surface area contributed by atoms with E-state index in [1.165, 1.54) is 6.07 Å². The van der Waals surface area contributed by atoms with Gasteiger partial charge in [-0.2, -0.15) is 0 Å². The van der Waals surface area contributed by atoms with Gasteiger partial charge < -0.3 is 9.40 Å². The Kier molecular flexibility index (Phi) is 2.00. The number of aromatic amines is 1. The van der Waals surface area contributed by atoms with Gasteiger partial charge in [-0.1, -0.05) is 24.3 Å². The van der Waals surface area contributed by atoms with E-state index in [0.29, 0.717) is 16.9 Å². The Morgan fingerprint density at radius 3 is 2.84 bits per heavy atom. The van der Waals surface area contributed by atoms with Crippen molar-refractivity contribution in [3.8, 4) is 11.4 Å². The zero-order chi connectivity index (χ0) is 12.8. The molecule has 0 atom stereocenters. The Labute approximate surface area is 107 Å². The first-order valence-corrected chi connectivity index (χ1v) is 5.94. The predicted molar refractivity (Wildman–Crippen MR) is 71.3 cm³/mol. The van der Waals surface area contributed by atoms with Gasteiger partial charge in [0.25, 0.3) is 0 Å². The summed E-state index contributed by atoms with van der Waals surface area (Å²) in [6, 6.07) is 12.6. The number of imidazole rings is 1. The van der Waals surface area contributed by atoms with Crippen LogP contribution in [0.4, 0.5) is 4.39 Å². The lowest BCUT2D eigenvalue weighted by Crippen LogP contribution is -1.78. The summed E-state index contributed by atoms with van der Waals surface area (Å²) in [6.45, 7) is 0. The van der Waals surface area contributed by atoms with Gasteiger partial charge in [-0.3, -0.25) is 0 Å². The van der Waals surface area contributed by atoms with Gasteiger partial charge in [0.05, 0.1) is 11.1 Å². The lowest BCUT2D eigenvalue weighted by molar-refractivity contribution is 0.616. The van der Waals surface area contributed by atoms with E-state index >= 15 is 0 Å². The summed E-state index contributed by atoms with van der Waals surface area (Å²) in [5.74, 6) is 0.290. The average molecular weight is 252 g/mol. The maximum absolute atomic E-state index is 13.6. The number of nitrogens with one attached hydrogen (secondary N) is 1. The first-order valence-electron chi connectivity index (χ1n) is 5.94. The van der Waals surface area contributed by atoms with Crippen LogP contribution >= 0.6 is 0 Å². The van der Waals surface area contributed by atoms with Crippen LogP contribution in [0, 0.1) is 5.82 Å². The van der Waals surface area contributed by atoms with Gasteiger partial charge in [-0.25, -0.2) is 9.37 Å². The highest BCUT2D eigenvalue weighted by molar-refractivity contribution is 5.93. The van der Waals surface area contributed by atoms with Crippen molar-refractivity contribution < 1.29 is 8.81 Å². The van der Waals surface area contributed by atoms with E-state index in [4.69, 9.17) is 4.42 Å². The lowest BCUT2D eigenvalue weighted by atomic mass is 10.2. The zero-order valence-corrected chi connectivity index (χ0v) is 9.85. The van der Waals surface area contributed by atoms with Gasteiger partial charge in [0.2, 0.25) is 0 Å². The van der Waals surface area contributed by atoms with Crippen molar-refractivity contribution in [3.63, 3.8) is 0 Å². The van der Waals surface area contributed by atoms with E-state index in [1.54, 1.807) is 18.4 Å². The fourth-order valence-corrected chi connectivity index (χ4v) is 2.29. The number of hydrogen-bond donors (Lipinski definition) is 1. The summed E-state index contributed by atoms with van der Waals surface area (Å²) in [5, 5.41) is 0.960. The molecule has 92 valence electrons. The van der Waals surface area contributed by atoms with E-state index in [9.17, 15) is 4.39 Å². The molecule has 0 aliphatic heterocycles. The zero-order valence-electron chi connectivity index (χ0n) is 9.85. The lowest BCUT2D eigenvalue weighted by Gasteiger charge is -1.91. The number of furan rings is 1. The molecule has 0 unspecified atom stereocenters. The van der Waals surface area contributed by atoms with Gasteiger partial charge in [0.1, 0.15) is 23.2 Å². The Hall–Kier alpha value is -2.62. The highest BCUT2D eigenvalue weighted by atomic mass is 19.1. The van der Waals surface area contributed by atoms with Crippen LogP contribution < -0.4 is 0 Å². The molecule has 2 aromatic heterocycles. The van der Waals surface area contributed by atoms with Crippen LogP contribution in [0.25, 0.3) is 33.4 Å². The molecule has 3 nitrogen and oxygen atoms in total. The number of aromatic nitrogens is 2. The van der Waals surface area contributed by atoms with E-state index in [1.807, 2.05) is 24.3 Å². The largest absolute Gasteiger partial charge is 0.464 e. The molecule has 0 aliphatic rings. The quantitative estimate of drug-likeness (QED) is 0.553. The minimum atomic E-state index is -0.326. The van der Waals surface area contributed by atoms with Crippen molar-refractivity contribution in [2.45, 2.75) is 0 Å². The third-order valence-electron chi connectivity index (χ3n) is 3.20. The molecule has 0 spiro atoms. The molecule has 1 N–H and O–H groups in total. The summed E-state index contributed by atoms with van der Waals surface area (Å²) >= 11 is 0. The van der Waals surface area contributed by atoms with E-state index in [0.717, 1.165) is 16.5 Å². The first-order chi connectivity index (χ1) is 9.33. The molecule has 2 aromatic carbocycles. The fraction of sp³-hybridized carbons (Fsp3) is 0. The molecular formula is C15H9FN2O. The van der Waals surface area contributed by atoms with E-state index in [2.05, 4.69) is 9.97 Å². The number of hydrogen-bond acceptors (Lipinski definition) is 2. The summed E-state index contributed by atoms with van der Waals surface area (Å²) in [6.07, 6.45) is 1.64. The van der Waals surface area contributed by atoms with Crippen LogP contribution in [-0.2, 0) is 0 Å². The SMILES string of the molecule is Fc1cccc2[nH]c(-c3coc4ccccc34)nc12. The summed E-state index contributed by atoms with van der Waals surface area (Å²) in [5.41, 5.74) is 2.66. The third-order valence-corrected chi connectivity index (χ3v) is 3.20. The topological polar surface area (TPSA) is 41.8 Å². The van der Waals surface area contributed by atoms with Crippen LogP contribution in [0.5, 0.6) is 0 Å². The number of H-pyrrole nitrogens is 1. The summed E-state index contributed by atoms with van der Waals surface area (Å²) in [7, 11) is 0. The smallest absolute Gasteiger partial charge is 0.151 e. The van der Waals surface area contributed by atoms with Gasteiger partial charge in [-0.15, -0.1) is 0 Å². The van der Waals surface area contributed by atoms with Crippen LogP contribution in [-0.4, -0.2) is 9.97 Å². The first kappa shape index (κ1) is 10.3. The Bertz CT molecular complexity index is 891. The molecule has 4 heteroatoms. The van der Waals surface area contributed by atoms with Crippen molar-refractivity contribution in [1.29, 1.82) is 0 Å². The molecule has 0 amide bonds. The van der Waals surface area contributed by atoms with Crippen LogP contribution in [0.2, 0.25) is 0 Å². The van der Waals surface area contributed by atoms with E-state index in [-0.39, 0.29) is 5.82 Å². The average Bonchev–Trinajstić information content (AvgIpc) is 3.02. The second-order valence-corrected chi connectivity index (χ2v) is 4.37. The molecule has 0 aliphatic carbocycles. The molecule has 2 heterocycles. The molecule has 0 radical (unpaired) electrons. The third kappa shape index (κ3) is 1.46. The number of nitrogens with zero attached hydrogens (tertiary/aromatic N) is 1. The molecule has 4 rings (SSSR count). The van der Waals surface area contributed by atoms with Crippen molar-refractivity contribution >= 4 is 22.0 Å². The highest BCUT2D eigenvalue weighted by Gasteiger charge is 2.13. The Morgan fingerprint density at radius 2 is 1.95 bits per heavy atom. The molecule has 0 saturated carbocycles. The second kappa shape index (κ2) is 3.68. The van der Waals surface area contributed by atoms with Crippen molar-refractivity contribution in [1.82, 2.24) is 9.97 Å². The van der Waals surface area contributed by atoms with Gasteiger partial charge >= 0.3 is 0 Å². The van der Waals surface area contributed by atoms with Crippen LogP contribution in [0.3, 0.4) is 0 Å². The van der Waals surface area contributed by atoms with Gasteiger partial charge in [0.15, 0.2) is 5.82 Å². The molecule has 19 heavy (non-hydrogen) atoms. The fourth-order valence-electron chi connectivity index (χ4n) is 2.29. The highest BCUT2D eigenvalue weighted by Crippen LogP contribution is 2.30. The monoisotopic (exact) mass is 252 g/mol. The van der Waals surface area contributed by atoms with Crippen LogP contribution in [0.1, 0.15) is 0 Å².